The lowest BCUT2D eigenvalue weighted by molar-refractivity contribution is -0.141. The van der Waals surface area contributed by atoms with Crippen LogP contribution in [0.1, 0.15) is 16.8 Å². The first-order valence-corrected chi connectivity index (χ1v) is 5.36. The second-order valence-corrected chi connectivity index (χ2v) is 4.07. The molecule has 90 valence electrons. The third-order valence-electron chi connectivity index (χ3n) is 2.85. The lowest BCUT2D eigenvalue weighted by Crippen LogP contribution is -2.40. The van der Waals surface area contributed by atoms with Gasteiger partial charge in [0.15, 0.2) is 0 Å². The molecule has 1 aromatic rings. The number of aliphatic carboxylic acids is 1. The zero-order valence-electron chi connectivity index (χ0n) is 9.11. The molecule has 2 rings (SSSR count). The molecule has 0 unspecified atom stereocenters. The van der Waals surface area contributed by atoms with Crippen LogP contribution in [-0.2, 0) is 4.79 Å². The average Bonchev–Trinajstić information content (AvgIpc) is 2.72. The summed E-state index contributed by atoms with van der Waals surface area (Å²) < 4.78 is 0. The Bertz CT molecular complexity index is 431. The number of carboxylic acids is 1. The summed E-state index contributed by atoms with van der Waals surface area (Å²) in [7, 11) is 0. The van der Waals surface area contributed by atoms with Gasteiger partial charge in [-0.3, -0.25) is 4.79 Å². The third kappa shape index (κ3) is 2.29. The van der Waals surface area contributed by atoms with E-state index in [1.807, 2.05) is 0 Å². The van der Waals surface area contributed by atoms with E-state index in [1.54, 1.807) is 30.3 Å². The molecule has 0 spiro atoms. The smallest absolute Gasteiger partial charge is 0.326 e. The summed E-state index contributed by atoms with van der Waals surface area (Å²) in [4.78, 5) is 24.3. The van der Waals surface area contributed by atoms with Crippen LogP contribution in [0.15, 0.2) is 30.3 Å². The number of rotatable bonds is 2. The Morgan fingerprint density at radius 2 is 1.88 bits per heavy atom. The number of carboxylic acid groups (broad SMARTS) is 1. The van der Waals surface area contributed by atoms with Crippen LogP contribution in [0.5, 0.6) is 0 Å². The number of hydrogen-bond acceptors (Lipinski definition) is 3. The molecule has 0 aromatic heterocycles. The number of likely N-dealkylation sites (tertiary alicyclic amines) is 1. The van der Waals surface area contributed by atoms with Crippen molar-refractivity contribution in [1.82, 2.24) is 4.90 Å². The van der Waals surface area contributed by atoms with E-state index in [-0.39, 0.29) is 18.9 Å². The highest BCUT2D eigenvalue weighted by Gasteiger charge is 2.39. The predicted molar refractivity (Wildman–Crippen MR) is 59.5 cm³/mol. The maximum absolute atomic E-state index is 12.1. The number of aliphatic hydroxyl groups excluding tert-OH is 1. The minimum absolute atomic E-state index is 0.0741. The monoisotopic (exact) mass is 235 g/mol. The Morgan fingerprint density at radius 3 is 2.47 bits per heavy atom. The Balaban J connectivity index is 2.22. The maximum Gasteiger partial charge on any atom is 0.326 e. The van der Waals surface area contributed by atoms with Crippen LogP contribution in [0.2, 0.25) is 0 Å². The van der Waals surface area contributed by atoms with Gasteiger partial charge < -0.3 is 15.1 Å². The third-order valence-corrected chi connectivity index (χ3v) is 2.85. The Morgan fingerprint density at radius 1 is 1.24 bits per heavy atom. The number of carbonyl (C=O) groups is 2. The van der Waals surface area contributed by atoms with E-state index in [0.29, 0.717) is 5.56 Å². The van der Waals surface area contributed by atoms with Gasteiger partial charge in [-0.25, -0.2) is 4.79 Å². The summed E-state index contributed by atoms with van der Waals surface area (Å²) in [5.74, 6) is -1.43. The highest BCUT2D eigenvalue weighted by molar-refractivity contribution is 5.97. The van der Waals surface area contributed by atoms with E-state index in [9.17, 15) is 14.7 Å². The maximum atomic E-state index is 12.1. The van der Waals surface area contributed by atoms with Crippen molar-refractivity contribution in [3.63, 3.8) is 0 Å². The van der Waals surface area contributed by atoms with Crippen molar-refractivity contribution in [2.45, 2.75) is 18.6 Å². The molecule has 5 heteroatoms. The van der Waals surface area contributed by atoms with Crippen molar-refractivity contribution in [2.24, 2.45) is 0 Å². The van der Waals surface area contributed by atoms with E-state index in [0.717, 1.165) is 0 Å². The molecule has 0 aliphatic carbocycles. The van der Waals surface area contributed by atoms with E-state index in [1.165, 1.54) is 4.90 Å². The van der Waals surface area contributed by atoms with Crippen LogP contribution in [-0.4, -0.2) is 45.7 Å². The van der Waals surface area contributed by atoms with Crippen LogP contribution in [0, 0.1) is 0 Å². The van der Waals surface area contributed by atoms with Crippen LogP contribution in [0.3, 0.4) is 0 Å². The normalized spacial score (nSPS) is 23.7. The molecule has 1 fully saturated rings. The number of aliphatic hydroxyl groups is 1. The zero-order chi connectivity index (χ0) is 12.4. The Labute approximate surface area is 98.3 Å². The van der Waals surface area contributed by atoms with E-state index in [2.05, 4.69) is 0 Å². The van der Waals surface area contributed by atoms with Crippen molar-refractivity contribution < 1.29 is 19.8 Å². The summed E-state index contributed by atoms with van der Waals surface area (Å²) in [5, 5.41) is 18.4. The second-order valence-electron chi connectivity index (χ2n) is 4.07. The standard InChI is InChI=1S/C12H13NO4/c14-9-6-10(12(16)17)13(7-9)11(15)8-4-2-1-3-5-8/h1-5,9-10,14H,6-7H2,(H,16,17)/t9-,10+/m1/s1. The summed E-state index contributed by atoms with van der Waals surface area (Å²) in [6.07, 6.45) is -0.669. The lowest BCUT2D eigenvalue weighted by atomic mass is 10.1. The first kappa shape index (κ1) is 11.6. The molecule has 1 amide bonds. The molecule has 1 aliphatic rings. The first-order valence-electron chi connectivity index (χ1n) is 5.36. The summed E-state index contributed by atoms with van der Waals surface area (Å²) in [6, 6.07) is 7.55. The molecule has 0 radical (unpaired) electrons. The summed E-state index contributed by atoms with van der Waals surface area (Å²) in [6.45, 7) is 0.0741. The average molecular weight is 235 g/mol. The van der Waals surface area contributed by atoms with Crippen molar-refractivity contribution >= 4 is 11.9 Å². The molecule has 2 atom stereocenters. The summed E-state index contributed by atoms with van der Waals surface area (Å²) >= 11 is 0. The minimum Gasteiger partial charge on any atom is -0.480 e. The second kappa shape index (κ2) is 4.55. The van der Waals surface area contributed by atoms with Gasteiger partial charge in [-0.2, -0.15) is 0 Å². The lowest BCUT2D eigenvalue weighted by Gasteiger charge is -2.21. The number of nitrogens with zero attached hydrogens (tertiary/aromatic N) is 1. The van der Waals surface area contributed by atoms with Crippen molar-refractivity contribution in [3.05, 3.63) is 35.9 Å². The first-order chi connectivity index (χ1) is 8.09. The molecule has 1 heterocycles. The van der Waals surface area contributed by atoms with Gasteiger partial charge in [-0.1, -0.05) is 18.2 Å². The van der Waals surface area contributed by atoms with Crippen LogP contribution in [0.4, 0.5) is 0 Å². The van der Waals surface area contributed by atoms with E-state index >= 15 is 0 Å². The predicted octanol–water partition coefficient (Wildman–Crippen LogP) is 0.347. The van der Waals surface area contributed by atoms with Gasteiger partial charge in [0.2, 0.25) is 0 Å². The molecule has 1 aromatic carbocycles. The Hall–Kier alpha value is -1.88. The van der Waals surface area contributed by atoms with Crippen LogP contribution >= 0.6 is 0 Å². The number of hydrogen-bond donors (Lipinski definition) is 2. The molecule has 1 saturated heterocycles. The highest BCUT2D eigenvalue weighted by atomic mass is 16.4. The van der Waals surface area contributed by atoms with Crippen molar-refractivity contribution in [1.29, 1.82) is 0 Å². The molecule has 1 aliphatic heterocycles. The van der Waals surface area contributed by atoms with Gasteiger partial charge in [0, 0.05) is 18.5 Å². The zero-order valence-corrected chi connectivity index (χ0v) is 9.11. The molecule has 0 bridgehead atoms. The van der Waals surface area contributed by atoms with Crippen LogP contribution in [0.25, 0.3) is 0 Å². The van der Waals surface area contributed by atoms with E-state index in [4.69, 9.17) is 5.11 Å². The van der Waals surface area contributed by atoms with Gasteiger partial charge in [-0.05, 0) is 12.1 Å². The quantitative estimate of drug-likeness (QED) is 0.775. The van der Waals surface area contributed by atoms with Gasteiger partial charge in [0.25, 0.3) is 5.91 Å². The van der Waals surface area contributed by atoms with E-state index < -0.39 is 18.1 Å². The van der Waals surface area contributed by atoms with Gasteiger partial charge >= 0.3 is 5.97 Å². The fourth-order valence-corrected chi connectivity index (χ4v) is 2.02. The highest BCUT2D eigenvalue weighted by Crippen LogP contribution is 2.20. The minimum atomic E-state index is -1.08. The number of β-amino-alcohol motifs (C(OH)–C–C–N with tert-alkyl or cyclic N) is 1. The number of carbonyl (C=O) groups excluding carboxylic acids is 1. The molecule has 0 saturated carbocycles. The molecular weight excluding hydrogens is 222 g/mol. The molecule has 2 N–H and O–H groups in total. The SMILES string of the molecule is O=C(O)[C@@H]1C[C@@H](O)CN1C(=O)c1ccccc1. The molecular formula is C12H13NO4. The van der Waals surface area contributed by atoms with Crippen molar-refractivity contribution in [2.75, 3.05) is 6.54 Å². The fraction of sp³-hybridized carbons (Fsp3) is 0.333. The van der Waals surface area contributed by atoms with Crippen LogP contribution < -0.4 is 0 Å². The van der Waals surface area contributed by atoms with Gasteiger partial charge in [0.1, 0.15) is 6.04 Å². The van der Waals surface area contributed by atoms with Crippen molar-refractivity contribution in [3.8, 4) is 0 Å². The fourth-order valence-electron chi connectivity index (χ4n) is 2.02. The summed E-state index contributed by atoms with van der Waals surface area (Å²) in [5.41, 5.74) is 0.438. The number of amides is 1. The van der Waals surface area contributed by atoms with Gasteiger partial charge in [-0.15, -0.1) is 0 Å². The largest absolute Gasteiger partial charge is 0.480 e. The Kier molecular flexibility index (Phi) is 3.10. The number of benzene rings is 1. The molecule has 17 heavy (non-hydrogen) atoms. The molecule has 5 nitrogen and oxygen atoms in total. The topological polar surface area (TPSA) is 77.8 Å². The van der Waals surface area contributed by atoms with Gasteiger partial charge in [0.05, 0.1) is 6.10 Å².